The lowest BCUT2D eigenvalue weighted by molar-refractivity contribution is -0.115. The second-order valence-corrected chi connectivity index (χ2v) is 8.99. The standard InChI is InChI=1S/C26H25F5N4O/c27-21-17(22(28)24(30)25(31)23(21)29)12-20(36)35-26-18(11-6-14-4-2-1-3-5-14)34-19(13-33-26)15-7-9-16(32)10-8-15/h7-10,13-14H,1-6,11-12,32H2,(H,33,35,36). The zero-order valence-electron chi connectivity index (χ0n) is 19.4. The highest BCUT2D eigenvalue weighted by molar-refractivity contribution is 5.92. The molecule has 190 valence electrons. The van der Waals surface area contributed by atoms with Crippen molar-refractivity contribution in [3.63, 3.8) is 0 Å². The summed E-state index contributed by atoms with van der Waals surface area (Å²) in [6, 6.07) is 7.01. The van der Waals surface area contributed by atoms with Gasteiger partial charge in [-0.2, -0.15) is 0 Å². The van der Waals surface area contributed by atoms with Crippen LogP contribution >= 0.6 is 0 Å². The van der Waals surface area contributed by atoms with Crippen LogP contribution in [-0.2, 0) is 17.6 Å². The Balaban J connectivity index is 1.58. The van der Waals surface area contributed by atoms with E-state index in [2.05, 4.69) is 15.3 Å². The van der Waals surface area contributed by atoms with E-state index >= 15 is 0 Å². The fourth-order valence-electron chi connectivity index (χ4n) is 4.46. The molecule has 2 aromatic carbocycles. The molecule has 36 heavy (non-hydrogen) atoms. The van der Waals surface area contributed by atoms with E-state index in [0.717, 1.165) is 37.7 Å². The molecule has 1 aliphatic rings. The molecule has 0 atom stereocenters. The van der Waals surface area contributed by atoms with Crippen LogP contribution in [0.1, 0.15) is 49.8 Å². The summed E-state index contributed by atoms with van der Waals surface area (Å²) < 4.78 is 68.5. The number of carbonyl (C=O) groups is 1. The topological polar surface area (TPSA) is 80.9 Å². The summed E-state index contributed by atoms with van der Waals surface area (Å²) in [4.78, 5) is 21.5. The molecule has 10 heteroatoms. The number of aromatic nitrogens is 2. The number of aryl methyl sites for hydroxylation is 1. The Morgan fingerprint density at radius 2 is 1.53 bits per heavy atom. The minimum atomic E-state index is -2.27. The van der Waals surface area contributed by atoms with Crippen LogP contribution in [-0.4, -0.2) is 15.9 Å². The minimum Gasteiger partial charge on any atom is -0.399 e. The van der Waals surface area contributed by atoms with Crippen molar-refractivity contribution < 1.29 is 26.7 Å². The second kappa shape index (κ2) is 11.0. The van der Waals surface area contributed by atoms with Crippen molar-refractivity contribution in [3.05, 3.63) is 70.8 Å². The van der Waals surface area contributed by atoms with Gasteiger partial charge in [-0.3, -0.25) is 4.79 Å². The van der Waals surface area contributed by atoms with Gasteiger partial charge in [0.05, 0.1) is 24.0 Å². The van der Waals surface area contributed by atoms with Gasteiger partial charge in [-0.05, 0) is 30.9 Å². The number of hydrogen-bond acceptors (Lipinski definition) is 4. The molecule has 1 fully saturated rings. The van der Waals surface area contributed by atoms with Crippen molar-refractivity contribution in [1.29, 1.82) is 0 Å². The molecule has 3 aromatic rings. The number of benzene rings is 2. The lowest BCUT2D eigenvalue weighted by Gasteiger charge is -2.21. The average Bonchev–Trinajstić information content (AvgIpc) is 2.89. The molecule has 0 saturated heterocycles. The van der Waals surface area contributed by atoms with E-state index in [1.807, 2.05) is 0 Å². The summed E-state index contributed by atoms with van der Waals surface area (Å²) in [5.74, 6) is -10.9. The fraction of sp³-hybridized carbons (Fsp3) is 0.346. The van der Waals surface area contributed by atoms with Gasteiger partial charge in [0.25, 0.3) is 0 Å². The summed E-state index contributed by atoms with van der Waals surface area (Å²) in [7, 11) is 0. The van der Waals surface area contributed by atoms with Gasteiger partial charge in [0, 0.05) is 16.8 Å². The predicted molar refractivity (Wildman–Crippen MR) is 125 cm³/mol. The van der Waals surface area contributed by atoms with Crippen molar-refractivity contribution in [3.8, 4) is 11.3 Å². The number of carbonyl (C=O) groups excluding carboxylic acids is 1. The van der Waals surface area contributed by atoms with E-state index in [0.29, 0.717) is 29.4 Å². The van der Waals surface area contributed by atoms with Crippen LogP contribution in [0.2, 0.25) is 0 Å². The molecule has 0 unspecified atom stereocenters. The van der Waals surface area contributed by atoms with E-state index in [1.165, 1.54) is 12.6 Å². The number of nitrogens with two attached hydrogens (primary N) is 1. The van der Waals surface area contributed by atoms with E-state index in [9.17, 15) is 26.7 Å². The molecule has 1 heterocycles. The highest BCUT2D eigenvalue weighted by Crippen LogP contribution is 2.29. The Morgan fingerprint density at radius 3 is 2.17 bits per heavy atom. The third-order valence-corrected chi connectivity index (χ3v) is 6.46. The predicted octanol–water partition coefficient (Wildman–Crippen LogP) is 6.12. The number of halogens is 5. The molecular weight excluding hydrogens is 479 g/mol. The van der Waals surface area contributed by atoms with Gasteiger partial charge < -0.3 is 11.1 Å². The molecule has 5 nitrogen and oxygen atoms in total. The molecular formula is C26H25F5N4O. The molecule has 1 aliphatic carbocycles. The molecule has 1 aromatic heterocycles. The van der Waals surface area contributed by atoms with Crippen molar-refractivity contribution in [2.75, 3.05) is 11.1 Å². The maximum Gasteiger partial charge on any atom is 0.230 e. The van der Waals surface area contributed by atoms with E-state index in [1.54, 1.807) is 24.3 Å². The van der Waals surface area contributed by atoms with Crippen LogP contribution in [0.5, 0.6) is 0 Å². The number of nitrogens with one attached hydrogen (secondary N) is 1. The number of rotatable bonds is 7. The van der Waals surface area contributed by atoms with Gasteiger partial charge in [0.1, 0.15) is 0 Å². The van der Waals surface area contributed by atoms with Gasteiger partial charge in [0.15, 0.2) is 29.1 Å². The van der Waals surface area contributed by atoms with Crippen LogP contribution in [0.15, 0.2) is 30.5 Å². The van der Waals surface area contributed by atoms with Crippen LogP contribution in [0.3, 0.4) is 0 Å². The fourth-order valence-corrected chi connectivity index (χ4v) is 4.46. The molecule has 4 rings (SSSR count). The first-order chi connectivity index (χ1) is 17.2. The first kappa shape index (κ1) is 25.5. The molecule has 3 N–H and O–H groups in total. The Morgan fingerprint density at radius 1 is 0.917 bits per heavy atom. The molecule has 0 radical (unpaired) electrons. The summed E-state index contributed by atoms with van der Waals surface area (Å²) in [6.45, 7) is 0. The number of nitrogens with zero attached hydrogens (tertiary/aromatic N) is 2. The molecule has 1 saturated carbocycles. The van der Waals surface area contributed by atoms with Crippen LogP contribution in [0, 0.1) is 35.0 Å². The summed E-state index contributed by atoms with van der Waals surface area (Å²) in [5.41, 5.74) is 6.91. The zero-order chi connectivity index (χ0) is 25.8. The largest absolute Gasteiger partial charge is 0.399 e. The molecule has 0 aliphatic heterocycles. The normalized spacial score (nSPS) is 14.1. The number of nitrogen functional groups attached to an aromatic ring is 1. The van der Waals surface area contributed by atoms with Crippen molar-refractivity contribution in [2.24, 2.45) is 5.92 Å². The minimum absolute atomic E-state index is 0.0823. The van der Waals surface area contributed by atoms with Crippen molar-refractivity contribution in [1.82, 2.24) is 9.97 Å². The van der Waals surface area contributed by atoms with Crippen molar-refractivity contribution >= 4 is 17.4 Å². The Hall–Kier alpha value is -3.56. The van der Waals surface area contributed by atoms with Gasteiger partial charge in [-0.25, -0.2) is 31.9 Å². The quantitative estimate of drug-likeness (QED) is 0.176. The summed E-state index contributed by atoms with van der Waals surface area (Å²) in [6.07, 6.45) is 7.43. The molecule has 0 bridgehead atoms. The SMILES string of the molecule is Nc1ccc(-c2cnc(NC(=O)Cc3c(F)c(F)c(F)c(F)c3F)c(CCC3CCCCC3)n2)cc1. The highest BCUT2D eigenvalue weighted by atomic mass is 19.2. The Labute approximate surface area is 205 Å². The van der Waals surface area contributed by atoms with Crippen LogP contribution < -0.4 is 11.1 Å². The van der Waals surface area contributed by atoms with E-state index in [4.69, 9.17) is 5.73 Å². The first-order valence-corrected chi connectivity index (χ1v) is 11.8. The lowest BCUT2D eigenvalue weighted by Crippen LogP contribution is -2.20. The summed E-state index contributed by atoms with van der Waals surface area (Å²) in [5, 5.41) is 2.44. The maximum absolute atomic E-state index is 14.0. The van der Waals surface area contributed by atoms with Gasteiger partial charge >= 0.3 is 0 Å². The number of hydrogen-bond donors (Lipinski definition) is 2. The zero-order valence-corrected chi connectivity index (χ0v) is 19.4. The number of amides is 1. The van der Waals surface area contributed by atoms with Crippen LogP contribution in [0.25, 0.3) is 11.3 Å². The van der Waals surface area contributed by atoms with E-state index < -0.39 is 47.0 Å². The smallest absolute Gasteiger partial charge is 0.230 e. The monoisotopic (exact) mass is 504 g/mol. The average molecular weight is 505 g/mol. The van der Waals surface area contributed by atoms with Gasteiger partial charge in [-0.1, -0.05) is 44.2 Å². The lowest BCUT2D eigenvalue weighted by atomic mass is 9.86. The maximum atomic E-state index is 14.0. The Kier molecular flexibility index (Phi) is 7.81. The van der Waals surface area contributed by atoms with Crippen molar-refractivity contribution in [2.45, 2.75) is 51.4 Å². The third-order valence-electron chi connectivity index (χ3n) is 6.46. The first-order valence-electron chi connectivity index (χ1n) is 11.8. The molecule has 0 spiro atoms. The number of anilines is 2. The Bertz CT molecular complexity index is 1230. The van der Waals surface area contributed by atoms with Gasteiger partial charge in [0.2, 0.25) is 11.7 Å². The second-order valence-electron chi connectivity index (χ2n) is 8.99. The molecule has 1 amide bonds. The summed E-state index contributed by atoms with van der Waals surface area (Å²) >= 11 is 0. The van der Waals surface area contributed by atoms with Crippen LogP contribution in [0.4, 0.5) is 33.5 Å². The van der Waals surface area contributed by atoms with Gasteiger partial charge in [-0.15, -0.1) is 0 Å². The van der Waals surface area contributed by atoms with E-state index in [-0.39, 0.29) is 5.82 Å². The highest BCUT2D eigenvalue weighted by Gasteiger charge is 2.27. The third kappa shape index (κ3) is 5.63.